The van der Waals surface area contributed by atoms with E-state index in [0.29, 0.717) is 17.9 Å². The molecule has 0 aliphatic carbocycles. The lowest BCUT2D eigenvalue weighted by Crippen LogP contribution is -2.14. The van der Waals surface area contributed by atoms with Crippen LogP contribution >= 0.6 is 0 Å². The summed E-state index contributed by atoms with van der Waals surface area (Å²) >= 11 is 0. The summed E-state index contributed by atoms with van der Waals surface area (Å²) in [4.78, 5) is 0. The van der Waals surface area contributed by atoms with Gasteiger partial charge in [0.05, 0.1) is 12.7 Å². The van der Waals surface area contributed by atoms with Crippen molar-refractivity contribution < 1.29 is 14.3 Å². The number of oxime groups is 1. The minimum atomic E-state index is -0.273. The van der Waals surface area contributed by atoms with Gasteiger partial charge in [-0.3, -0.25) is 0 Å². The molecule has 2 aromatic rings. The molecule has 110 valence electrons. The first-order valence-corrected chi connectivity index (χ1v) is 6.28. The molecule has 0 aliphatic heterocycles. The van der Waals surface area contributed by atoms with Gasteiger partial charge in [-0.2, -0.15) is 0 Å². The molecule has 0 atom stereocenters. The Hall–Kier alpha value is -2.76. The van der Waals surface area contributed by atoms with Crippen molar-refractivity contribution in [2.24, 2.45) is 10.9 Å². The van der Waals surface area contributed by atoms with Gasteiger partial charge in [0.1, 0.15) is 11.6 Å². The molecule has 0 saturated carbocycles. The molecule has 21 heavy (non-hydrogen) atoms. The van der Waals surface area contributed by atoms with Crippen LogP contribution in [-0.4, -0.2) is 18.2 Å². The number of hydrogen-bond donors (Lipinski definition) is 3. The molecule has 0 bridgehead atoms. The average Bonchev–Trinajstić information content (AvgIpc) is 2.53. The summed E-state index contributed by atoms with van der Waals surface area (Å²) in [6, 6.07) is 11.5. The summed E-state index contributed by atoms with van der Waals surface area (Å²) in [5.74, 6) is 0.235. The molecule has 0 unspecified atom stereocenters. The number of nitrogens with one attached hydrogen (secondary N) is 1. The van der Waals surface area contributed by atoms with E-state index in [1.54, 1.807) is 24.3 Å². The smallest absolute Gasteiger partial charge is 0.173 e. The summed E-state index contributed by atoms with van der Waals surface area (Å²) in [5.41, 5.74) is 7.85. The molecule has 0 heterocycles. The summed E-state index contributed by atoms with van der Waals surface area (Å²) in [7, 11) is 1.51. The summed E-state index contributed by atoms with van der Waals surface area (Å²) in [6.07, 6.45) is 0. The second kappa shape index (κ2) is 6.60. The molecule has 0 amide bonds. The van der Waals surface area contributed by atoms with Crippen LogP contribution in [0.2, 0.25) is 0 Å². The number of anilines is 1. The highest BCUT2D eigenvalue weighted by molar-refractivity contribution is 5.99. The van der Waals surface area contributed by atoms with Gasteiger partial charge in [0.2, 0.25) is 0 Å². The molecule has 0 aliphatic rings. The third-order valence-corrected chi connectivity index (χ3v) is 2.99. The monoisotopic (exact) mass is 289 g/mol. The molecule has 2 aromatic carbocycles. The maximum Gasteiger partial charge on any atom is 0.173 e. The third-order valence-electron chi connectivity index (χ3n) is 2.99. The van der Waals surface area contributed by atoms with Gasteiger partial charge >= 0.3 is 0 Å². The fourth-order valence-corrected chi connectivity index (χ4v) is 1.88. The Morgan fingerprint density at radius 2 is 2.00 bits per heavy atom. The van der Waals surface area contributed by atoms with Gasteiger partial charge in [-0.05, 0) is 42.0 Å². The molecular formula is C15H16FN3O2. The molecule has 4 N–H and O–H groups in total. The molecule has 0 radical (unpaired) electrons. The summed E-state index contributed by atoms with van der Waals surface area (Å²) < 4.78 is 18.0. The Bertz CT molecular complexity index is 642. The van der Waals surface area contributed by atoms with Gasteiger partial charge in [0.15, 0.2) is 5.84 Å². The number of amidine groups is 1. The highest BCUT2D eigenvalue weighted by atomic mass is 19.1. The second-order valence-electron chi connectivity index (χ2n) is 4.38. The van der Waals surface area contributed by atoms with E-state index >= 15 is 0 Å². The molecule has 0 spiro atoms. The van der Waals surface area contributed by atoms with E-state index in [4.69, 9.17) is 15.7 Å². The lowest BCUT2D eigenvalue weighted by atomic mass is 10.1. The largest absolute Gasteiger partial charge is 0.496 e. The molecule has 0 aromatic heterocycles. The first-order chi connectivity index (χ1) is 10.1. The molecule has 0 fully saturated rings. The Morgan fingerprint density at radius 3 is 2.62 bits per heavy atom. The normalized spacial score (nSPS) is 11.2. The SMILES string of the molecule is COc1cc(CNc2ccc(F)cc2)ccc1/C(N)=N/O. The van der Waals surface area contributed by atoms with Crippen LogP contribution in [0.1, 0.15) is 11.1 Å². The molecule has 6 heteroatoms. The van der Waals surface area contributed by atoms with Gasteiger partial charge < -0.3 is 21.0 Å². The standard InChI is InChI=1S/C15H16FN3O2/c1-21-14-8-10(2-7-13(14)15(17)19-20)9-18-12-5-3-11(16)4-6-12/h2-8,18,20H,9H2,1H3,(H2,17,19). The van der Waals surface area contributed by atoms with Crippen LogP contribution in [0.5, 0.6) is 5.75 Å². The van der Waals surface area contributed by atoms with Crippen LogP contribution < -0.4 is 15.8 Å². The van der Waals surface area contributed by atoms with Crippen molar-refractivity contribution in [3.63, 3.8) is 0 Å². The van der Waals surface area contributed by atoms with Crippen molar-refractivity contribution in [1.29, 1.82) is 0 Å². The van der Waals surface area contributed by atoms with Crippen LogP contribution in [0.15, 0.2) is 47.6 Å². The lowest BCUT2D eigenvalue weighted by Gasteiger charge is -2.11. The second-order valence-corrected chi connectivity index (χ2v) is 4.38. The average molecular weight is 289 g/mol. The number of nitrogens with zero attached hydrogens (tertiary/aromatic N) is 1. The number of methoxy groups -OCH3 is 1. The summed E-state index contributed by atoms with van der Waals surface area (Å²) in [5, 5.41) is 14.8. The van der Waals surface area contributed by atoms with Crippen LogP contribution in [-0.2, 0) is 6.54 Å². The minimum absolute atomic E-state index is 0.00936. The lowest BCUT2D eigenvalue weighted by molar-refractivity contribution is 0.318. The fraction of sp³-hybridized carbons (Fsp3) is 0.133. The predicted molar refractivity (Wildman–Crippen MR) is 79.2 cm³/mol. The van der Waals surface area contributed by atoms with Gasteiger partial charge in [0.25, 0.3) is 0 Å². The van der Waals surface area contributed by atoms with E-state index in [9.17, 15) is 4.39 Å². The van der Waals surface area contributed by atoms with Gasteiger partial charge in [0, 0.05) is 12.2 Å². The van der Waals surface area contributed by atoms with E-state index < -0.39 is 0 Å². The van der Waals surface area contributed by atoms with Crippen LogP contribution in [0.4, 0.5) is 10.1 Å². The number of rotatable bonds is 5. The number of nitrogens with two attached hydrogens (primary N) is 1. The zero-order chi connectivity index (χ0) is 15.2. The van der Waals surface area contributed by atoms with Crippen molar-refractivity contribution >= 4 is 11.5 Å². The maximum atomic E-state index is 12.8. The van der Waals surface area contributed by atoms with Gasteiger partial charge in [-0.15, -0.1) is 0 Å². The third kappa shape index (κ3) is 3.62. The molecule has 5 nitrogen and oxygen atoms in total. The Kier molecular flexibility index (Phi) is 4.61. The topological polar surface area (TPSA) is 79.9 Å². The van der Waals surface area contributed by atoms with Crippen molar-refractivity contribution in [2.75, 3.05) is 12.4 Å². The Morgan fingerprint density at radius 1 is 1.29 bits per heavy atom. The van der Waals surface area contributed by atoms with Crippen molar-refractivity contribution in [3.8, 4) is 5.75 Å². The van der Waals surface area contributed by atoms with Crippen molar-refractivity contribution in [2.45, 2.75) is 6.54 Å². The number of benzene rings is 2. The first-order valence-electron chi connectivity index (χ1n) is 6.28. The van der Waals surface area contributed by atoms with Crippen LogP contribution in [0.25, 0.3) is 0 Å². The molecular weight excluding hydrogens is 273 g/mol. The van der Waals surface area contributed by atoms with Crippen LogP contribution in [0.3, 0.4) is 0 Å². The molecule has 2 rings (SSSR count). The first kappa shape index (κ1) is 14.6. The van der Waals surface area contributed by atoms with Crippen molar-refractivity contribution in [3.05, 3.63) is 59.4 Å². The van der Waals surface area contributed by atoms with E-state index in [1.807, 2.05) is 6.07 Å². The minimum Gasteiger partial charge on any atom is -0.496 e. The van der Waals surface area contributed by atoms with E-state index in [-0.39, 0.29) is 11.7 Å². The highest BCUT2D eigenvalue weighted by Gasteiger charge is 2.08. The number of hydrogen-bond acceptors (Lipinski definition) is 4. The van der Waals surface area contributed by atoms with E-state index in [0.717, 1.165) is 11.3 Å². The van der Waals surface area contributed by atoms with Crippen LogP contribution in [0, 0.1) is 5.82 Å². The van der Waals surface area contributed by atoms with Gasteiger partial charge in [-0.1, -0.05) is 11.2 Å². The quantitative estimate of drug-likeness (QED) is 0.342. The number of halogens is 1. The number of ether oxygens (including phenoxy) is 1. The summed E-state index contributed by atoms with van der Waals surface area (Å²) in [6.45, 7) is 0.540. The van der Waals surface area contributed by atoms with Crippen molar-refractivity contribution in [1.82, 2.24) is 0 Å². The highest BCUT2D eigenvalue weighted by Crippen LogP contribution is 2.21. The fourth-order valence-electron chi connectivity index (χ4n) is 1.88. The maximum absolute atomic E-state index is 12.8. The molecule has 0 saturated heterocycles. The Balaban J connectivity index is 2.12. The van der Waals surface area contributed by atoms with E-state index in [2.05, 4.69) is 10.5 Å². The predicted octanol–water partition coefficient (Wildman–Crippen LogP) is 2.54. The zero-order valence-electron chi connectivity index (χ0n) is 11.5. The van der Waals surface area contributed by atoms with E-state index in [1.165, 1.54) is 19.2 Å². The Labute approximate surface area is 121 Å². The zero-order valence-corrected chi connectivity index (χ0v) is 11.5. The van der Waals surface area contributed by atoms with Gasteiger partial charge in [-0.25, -0.2) is 4.39 Å².